The van der Waals surface area contributed by atoms with E-state index in [1.165, 1.54) is 24.6 Å². The smallest absolute Gasteiger partial charge is 0.333 e. The van der Waals surface area contributed by atoms with Crippen molar-refractivity contribution >= 4 is 29.0 Å². The minimum Gasteiger partial charge on any atom is -0.457 e. The number of carbonyl (C=O) groups excluding carboxylic acids is 1. The molecule has 1 saturated carbocycles. The minimum absolute atomic E-state index is 0.0435. The van der Waals surface area contributed by atoms with Gasteiger partial charge in [0.2, 0.25) is 0 Å². The first kappa shape index (κ1) is 52.7. The van der Waals surface area contributed by atoms with Crippen molar-refractivity contribution in [3.8, 4) is 22.8 Å². The number of hydrogen-bond donors (Lipinski definition) is 2. The molecule has 1 spiro atoms. The molecule has 13 nitrogen and oxygen atoms in total. The lowest BCUT2D eigenvalue weighted by atomic mass is 9.54. The zero-order valence-electron chi connectivity index (χ0n) is 44.4. The summed E-state index contributed by atoms with van der Waals surface area (Å²) in [5.41, 5.74) is 3.08. The summed E-state index contributed by atoms with van der Waals surface area (Å²) in [6.45, 7) is 8.70. The molecule has 5 aromatic rings. The number of likely N-dealkylation sites (tertiary alicyclic amines) is 3. The zero-order valence-corrected chi connectivity index (χ0v) is 46.0. The first-order chi connectivity index (χ1) is 36.2. The molecule has 5 saturated heterocycles. The van der Waals surface area contributed by atoms with Gasteiger partial charge in [-0.15, -0.1) is 0 Å². The second-order valence-electron chi connectivity index (χ2n) is 22.8. The summed E-state index contributed by atoms with van der Waals surface area (Å²) in [5.74, 6) is 2.60. The van der Waals surface area contributed by atoms with Gasteiger partial charge in [-0.3, -0.25) is 24.4 Å². The van der Waals surface area contributed by atoms with E-state index in [4.69, 9.17) is 37.7 Å². The summed E-state index contributed by atoms with van der Waals surface area (Å²) >= 11 is 13.3. The minimum atomic E-state index is -2.74. The molecule has 3 aromatic carbocycles. The Bertz CT molecular complexity index is 2830. The number of alkyl halides is 2. The van der Waals surface area contributed by atoms with Crippen molar-refractivity contribution in [2.75, 3.05) is 47.4 Å². The number of likely N-dealkylation sites (N-methyl/N-ethyl adjacent to an activating group) is 2. The van der Waals surface area contributed by atoms with Crippen molar-refractivity contribution in [3.05, 3.63) is 118 Å². The van der Waals surface area contributed by atoms with Crippen molar-refractivity contribution in [2.24, 2.45) is 23.8 Å². The number of Topliss-reactive ketones (excluding diaryl/α,β-unsaturated/α-hetero) is 1. The van der Waals surface area contributed by atoms with Crippen LogP contribution in [-0.4, -0.2) is 147 Å². The number of halogens is 4. The van der Waals surface area contributed by atoms with Gasteiger partial charge in [0.15, 0.2) is 5.78 Å². The molecule has 0 amide bonds. The highest BCUT2D eigenvalue weighted by atomic mass is 35.5. The second-order valence-corrected chi connectivity index (χ2v) is 23.7. The molecule has 2 aromatic heterocycles. The van der Waals surface area contributed by atoms with Crippen LogP contribution in [0.2, 0.25) is 10.0 Å². The van der Waals surface area contributed by atoms with Crippen LogP contribution in [0, 0.1) is 16.7 Å². The van der Waals surface area contributed by atoms with E-state index >= 15 is 4.79 Å². The summed E-state index contributed by atoms with van der Waals surface area (Å²) in [5, 5.41) is 14.0. The van der Waals surface area contributed by atoms with E-state index in [2.05, 4.69) is 112 Å². The number of rotatable bonds is 15. The molecular weight excluding hydrogens is 994 g/mol. The molecule has 75 heavy (non-hydrogen) atoms. The molecule has 2 bridgehead atoms. The van der Waals surface area contributed by atoms with E-state index in [-0.39, 0.29) is 60.3 Å². The number of ether oxygens (including phenoxy) is 2. The maximum absolute atomic E-state index is 17.5. The Kier molecular flexibility index (Phi) is 14.9. The summed E-state index contributed by atoms with van der Waals surface area (Å²) < 4.78 is 44.2. The molecule has 2 N–H and O–H groups in total. The highest BCUT2D eigenvalue weighted by Crippen LogP contribution is 2.63. The molecule has 0 radical (unpaired) electrons. The number of methoxy groups -OCH3 is 1. The third kappa shape index (κ3) is 9.17. The number of carbonyl (C=O) groups is 1. The Morgan fingerprint density at radius 1 is 0.893 bits per heavy atom. The van der Waals surface area contributed by atoms with Crippen LogP contribution in [0.5, 0.6) is 11.5 Å². The third-order valence-corrected chi connectivity index (χ3v) is 19.5. The van der Waals surface area contributed by atoms with E-state index in [9.17, 15) is 8.78 Å². The number of imidazole rings is 1. The lowest BCUT2D eigenvalue weighted by Crippen LogP contribution is -2.73. The molecule has 1 aliphatic carbocycles. The summed E-state index contributed by atoms with van der Waals surface area (Å²) in [6, 6.07) is 22.7. The van der Waals surface area contributed by atoms with Gasteiger partial charge in [0.05, 0.1) is 41.6 Å². The number of hydrogen-bond acceptors (Lipinski definition) is 11. The maximum atomic E-state index is 17.5. The zero-order chi connectivity index (χ0) is 52.5. The summed E-state index contributed by atoms with van der Waals surface area (Å²) in [4.78, 5) is 32.3. The quantitative estimate of drug-likeness (QED) is 0.105. The van der Waals surface area contributed by atoms with E-state index in [1.807, 2.05) is 42.6 Å². The van der Waals surface area contributed by atoms with Crippen molar-refractivity contribution in [1.82, 2.24) is 49.6 Å². The van der Waals surface area contributed by atoms with Crippen molar-refractivity contribution in [1.29, 1.82) is 0 Å². The Balaban J connectivity index is 1.00. The average molecular weight is 1070 g/mol. The number of piperidine rings is 1. The molecule has 6 aliphatic rings. The van der Waals surface area contributed by atoms with Gasteiger partial charge in [-0.2, -0.15) is 13.9 Å². The van der Waals surface area contributed by atoms with Gasteiger partial charge in [-0.1, -0.05) is 48.3 Å². The monoisotopic (exact) mass is 1070 g/mol. The van der Waals surface area contributed by atoms with Crippen LogP contribution in [0.15, 0.2) is 85.2 Å². The first-order valence-corrected chi connectivity index (χ1v) is 28.0. The number of aromatic nitrogens is 4. The maximum Gasteiger partial charge on any atom is 0.333 e. The molecule has 402 valence electrons. The van der Waals surface area contributed by atoms with Crippen LogP contribution < -0.4 is 15.4 Å². The lowest BCUT2D eigenvalue weighted by molar-refractivity contribution is -0.154. The molecule has 5 aliphatic heterocycles. The predicted octanol–water partition coefficient (Wildman–Crippen LogP) is 9.12. The average Bonchev–Trinajstić information content (AvgIpc) is 4.36. The Morgan fingerprint density at radius 2 is 1.64 bits per heavy atom. The third-order valence-electron chi connectivity index (χ3n) is 19.0. The number of nitrogens with one attached hydrogen (secondary N) is 2. The van der Waals surface area contributed by atoms with E-state index in [1.54, 1.807) is 13.2 Å². The molecule has 7 unspecified atom stereocenters. The van der Waals surface area contributed by atoms with Gasteiger partial charge in [0, 0.05) is 109 Å². The van der Waals surface area contributed by atoms with Gasteiger partial charge < -0.3 is 24.7 Å². The fourth-order valence-corrected chi connectivity index (χ4v) is 15.8. The van der Waals surface area contributed by atoms with E-state index in [0.717, 1.165) is 59.8 Å². The molecule has 12 atom stereocenters. The fraction of sp³-hybridized carbons (Fsp3) is 0.569. The van der Waals surface area contributed by atoms with Crippen LogP contribution in [0.3, 0.4) is 0 Å². The van der Waals surface area contributed by atoms with E-state index in [0.29, 0.717) is 72.0 Å². The van der Waals surface area contributed by atoms with Crippen LogP contribution >= 0.6 is 23.2 Å². The van der Waals surface area contributed by atoms with Crippen LogP contribution in [-0.2, 0) is 42.5 Å². The van der Waals surface area contributed by atoms with Crippen LogP contribution in [0.1, 0.15) is 82.1 Å². The predicted molar refractivity (Wildman–Crippen MR) is 289 cm³/mol. The van der Waals surface area contributed by atoms with E-state index < -0.39 is 17.4 Å². The van der Waals surface area contributed by atoms with Crippen LogP contribution in [0.4, 0.5) is 8.78 Å². The van der Waals surface area contributed by atoms with Crippen molar-refractivity contribution in [3.63, 3.8) is 0 Å². The van der Waals surface area contributed by atoms with Gasteiger partial charge in [-0.25, -0.2) is 9.67 Å². The normalized spacial score (nSPS) is 32.4. The highest BCUT2D eigenvalue weighted by molar-refractivity contribution is 6.31. The number of nitrogens with zero attached hydrogens (tertiary/aromatic N) is 8. The summed E-state index contributed by atoms with van der Waals surface area (Å²) in [7, 11) is 8.25. The first-order valence-electron chi connectivity index (χ1n) is 27.2. The second kappa shape index (κ2) is 21.2. The fourth-order valence-electron chi connectivity index (χ4n) is 15.5. The van der Waals surface area contributed by atoms with Crippen molar-refractivity contribution < 1.29 is 23.0 Å². The highest BCUT2D eigenvalue weighted by Gasteiger charge is 2.77. The molecular formula is C58H74Cl2F2N10O3. The molecule has 17 heteroatoms. The Labute approximate surface area is 451 Å². The van der Waals surface area contributed by atoms with Gasteiger partial charge in [0.1, 0.15) is 17.3 Å². The Morgan fingerprint density at radius 3 is 2.35 bits per heavy atom. The molecule has 7 heterocycles. The lowest BCUT2D eigenvalue weighted by Gasteiger charge is -2.57. The molecule has 6 fully saturated rings. The standard InChI is InChI=1S/C58H74Cl2F2N10O3/c1-8-57-50-27-40(26-43-21-24-72(66-43)56(61)62)53(57)67(4)35(2)30-63-49-29-44(25-37-11-16-41(59)17-12-37)68(5)54-46(34-74-7)65-52(58(49,54)55(57)73)36(3)71(50)32-39-13-18-42(60)28-48(39)75-45-19-14-38(15-20-45)47-31-64-51(69(47)6)33-70-22-9-10-23-70/h11-21,24,28,31,35-36,40,44,46,49-50,52-54,56,63,65H,8-10,22-23,25-27,29-30,32-34H2,1-7H3/t35-,36-,40+,44-,46+,49?,50?,52?,53?,54?,57?,58?/m0/s1. The Hall–Kier alpha value is -4.29. The SMILES string of the molecule is CCC12C(=O)C34C5C[C@H](Cc6ccc(Cl)cc6)N(C)C3[C@@H](COC)NC4[C@H](C)N(Cc3ccc(Cl)cc3Oc3ccc(-c4cnc(CN6CCCC6)n4C)cc3)C1C[C@@H](Cc1ccn(C(F)F)n1)C2N(C)[C@@H](C)CN5. The van der Waals surface area contributed by atoms with Gasteiger partial charge in [-0.05, 0) is 152 Å². The number of benzene rings is 3. The molecule has 11 rings (SSSR count). The number of ketones is 1. The largest absolute Gasteiger partial charge is 0.457 e. The van der Waals surface area contributed by atoms with Gasteiger partial charge in [0.25, 0.3) is 0 Å². The van der Waals surface area contributed by atoms with Crippen LogP contribution in [0.25, 0.3) is 11.3 Å². The topological polar surface area (TPSA) is 108 Å². The summed E-state index contributed by atoms with van der Waals surface area (Å²) in [6.07, 6.45) is 9.10. The van der Waals surface area contributed by atoms with Crippen molar-refractivity contribution in [2.45, 2.75) is 140 Å². The van der Waals surface area contributed by atoms with Gasteiger partial charge >= 0.3 is 6.55 Å².